The number of aryl methyl sites for hydroxylation is 1. The van der Waals surface area contributed by atoms with Gasteiger partial charge in [0.15, 0.2) is 0 Å². The molecule has 1 N–H and O–H groups in total. The smallest absolute Gasteiger partial charge is 0.142 e. The molecular weight excluding hydrogens is 262 g/mol. The average Bonchev–Trinajstić information content (AvgIpc) is 2.96. The lowest BCUT2D eigenvalue weighted by molar-refractivity contribution is 0.333. The van der Waals surface area contributed by atoms with Crippen LogP contribution in [0.25, 0.3) is 5.69 Å². The Bertz CT molecular complexity index is 620. The number of hydrogen-bond donors (Lipinski definition) is 1. The molecule has 4 nitrogen and oxygen atoms in total. The average molecular weight is 285 g/mol. The van der Waals surface area contributed by atoms with Gasteiger partial charge in [0, 0.05) is 12.1 Å². The summed E-state index contributed by atoms with van der Waals surface area (Å²) in [7, 11) is 1.71. The summed E-state index contributed by atoms with van der Waals surface area (Å²) >= 11 is 0. The first-order chi connectivity index (χ1) is 10.2. The molecule has 2 aromatic rings. The van der Waals surface area contributed by atoms with Crippen LogP contribution in [0.5, 0.6) is 5.75 Å². The number of piperidine rings is 1. The number of ether oxygens (including phenoxy) is 1. The Balaban J connectivity index is 2.01. The molecule has 2 atom stereocenters. The van der Waals surface area contributed by atoms with E-state index in [0.717, 1.165) is 17.9 Å². The number of aromatic nitrogens is 2. The monoisotopic (exact) mass is 285 g/mol. The Morgan fingerprint density at radius 3 is 2.95 bits per heavy atom. The SMILES string of the molecule is COc1ccc(C)cc1-n1cncc1C1CCCC(C)N1. The molecule has 112 valence electrons. The van der Waals surface area contributed by atoms with Gasteiger partial charge in [-0.15, -0.1) is 0 Å². The van der Waals surface area contributed by atoms with Crippen molar-refractivity contribution < 1.29 is 4.74 Å². The molecule has 4 heteroatoms. The second kappa shape index (κ2) is 5.90. The van der Waals surface area contributed by atoms with Gasteiger partial charge in [0.1, 0.15) is 5.75 Å². The number of benzene rings is 1. The predicted octanol–water partition coefficient (Wildman–Crippen LogP) is 3.39. The van der Waals surface area contributed by atoms with Crippen LogP contribution in [0.3, 0.4) is 0 Å². The van der Waals surface area contributed by atoms with Crippen LogP contribution in [0.15, 0.2) is 30.7 Å². The van der Waals surface area contributed by atoms with E-state index in [2.05, 4.69) is 40.8 Å². The predicted molar refractivity (Wildman–Crippen MR) is 84.0 cm³/mol. The molecule has 0 spiro atoms. The van der Waals surface area contributed by atoms with Crippen LogP contribution in [0.4, 0.5) is 0 Å². The van der Waals surface area contributed by atoms with Crippen LogP contribution in [0.2, 0.25) is 0 Å². The van der Waals surface area contributed by atoms with Crippen LogP contribution in [-0.2, 0) is 0 Å². The minimum atomic E-state index is 0.362. The lowest BCUT2D eigenvalue weighted by Gasteiger charge is -2.29. The third-order valence-corrected chi connectivity index (χ3v) is 4.23. The van der Waals surface area contributed by atoms with Crippen molar-refractivity contribution in [2.75, 3.05) is 7.11 Å². The Hall–Kier alpha value is -1.81. The second-order valence-electron chi connectivity index (χ2n) is 5.92. The van der Waals surface area contributed by atoms with E-state index in [0.29, 0.717) is 12.1 Å². The highest BCUT2D eigenvalue weighted by atomic mass is 16.5. The number of rotatable bonds is 3. The van der Waals surface area contributed by atoms with Gasteiger partial charge in [0.05, 0.1) is 31.0 Å². The Labute approximate surface area is 126 Å². The maximum atomic E-state index is 5.52. The quantitative estimate of drug-likeness (QED) is 0.939. The van der Waals surface area contributed by atoms with Crippen LogP contribution in [0, 0.1) is 6.92 Å². The fourth-order valence-electron chi connectivity index (χ4n) is 3.12. The van der Waals surface area contributed by atoms with Gasteiger partial charge in [-0.25, -0.2) is 4.98 Å². The molecule has 0 amide bonds. The van der Waals surface area contributed by atoms with Crippen molar-refractivity contribution in [3.05, 3.63) is 42.0 Å². The summed E-state index contributed by atoms with van der Waals surface area (Å²) in [5, 5.41) is 3.68. The summed E-state index contributed by atoms with van der Waals surface area (Å²) < 4.78 is 7.67. The van der Waals surface area contributed by atoms with Crippen LogP contribution < -0.4 is 10.1 Å². The first-order valence-corrected chi connectivity index (χ1v) is 7.62. The standard InChI is InChI=1S/C17H23N3O/c1-12-7-8-17(21-3)15(9-12)20-11-18-10-16(20)14-6-4-5-13(2)19-14/h7-11,13-14,19H,4-6H2,1-3H3. The van der Waals surface area contributed by atoms with E-state index in [-0.39, 0.29) is 0 Å². The summed E-state index contributed by atoms with van der Waals surface area (Å²) in [6, 6.07) is 7.16. The summed E-state index contributed by atoms with van der Waals surface area (Å²) in [4.78, 5) is 4.37. The van der Waals surface area contributed by atoms with Crippen molar-refractivity contribution in [3.63, 3.8) is 0 Å². The largest absolute Gasteiger partial charge is 0.495 e. The van der Waals surface area contributed by atoms with Gasteiger partial charge >= 0.3 is 0 Å². The Kier molecular flexibility index (Phi) is 3.97. The molecule has 21 heavy (non-hydrogen) atoms. The topological polar surface area (TPSA) is 39.1 Å². The first kappa shape index (κ1) is 14.1. The third-order valence-electron chi connectivity index (χ3n) is 4.23. The Morgan fingerprint density at radius 1 is 1.33 bits per heavy atom. The van der Waals surface area contributed by atoms with E-state index in [1.807, 2.05) is 18.6 Å². The van der Waals surface area contributed by atoms with E-state index < -0.39 is 0 Å². The Morgan fingerprint density at radius 2 is 2.19 bits per heavy atom. The van der Waals surface area contributed by atoms with Gasteiger partial charge in [-0.05, 0) is 50.8 Å². The summed E-state index contributed by atoms with van der Waals surface area (Å²) in [6.07, 6.45) is 7.52. The molecule has 3 rings (SSSR count). The van der Waals surface area contributed by atoms with Gasteiger partial charge in [0.2, 0.25) is 0 Å². The van der Waals surface area contributed by atoms with Gasteiger partial charge in [-0.2, -0.15) is 0 Å². The van der Waals surface area contributed by atoms with E-state index in [4.69, 9.17) is 4.74 Å². The molecule has 1 aromatic carbocycles. The number of nitrogens with zero attached hydrogens (tertiary/aromatic N) is 2. The van der Waals surface area contributed by atoms with Gasteiger partial charge in [-0.3, -0.25) is 4.57 Å². The zero-order chi connectivity index (χ0) is 14.8. The van der Waals surface area contributed by atoms with E-state index in [9.17, 15) is 0 Å². The lowest BCUT2D eigenvalue weighted by Crippen LogP contribution is -2.35. The van der Waals surface area contributed by atoms with Crippen molar-refractivity contribution in [2.45, 2.75) is 45.2 Å². The molecule has 1 saturated heterocycles. The highest BCUT2D eigenvalue weighted by Crippen LogP contribution is 2.30. The molecular formula is C17H23N3O. The van der Waals surface area contributed by atoms with Gasteiger partial charge in [-0.1, -0.05) is 6.07 Å². The molecule has 0 saturated carbocycles. The van der Waals surface area contributed by atoms with E-state index >= 15 is 0 Å². The molecule has 1 aliphatic heterocycles. The summed E-state index contributed by atoms with van der Waals surface area (Å²) in [6.45, 7) is 4.35. The fraction of sp³-hybridized carbons (Fsp3) is 0.471. The van der Waals surface area contributed by atoms with Crippen molar-refractivity contribution in [1.29, 1.82) is 0 Å². The highest BCUT2D eigenvalue weighted by Gasteiger charge is 2.23. The van der Waals surface area contributed by atoms with Crippen LogP contribution >= 0.6 is 0 Å². The zero-order valence-corrected chi connectivity index (χ0v) is 13.0. The first-order valence-electron chi connectivity index (χ1n) is 7.62. The normalized spacial score (nSPS) is 22.2. The molecule has 1 aromatic heterocycles. The van der Waals surface area contributed by atoms with Crippen LogP contribution in [0.1, 0.15) is 43.5 Å². The molecule has 1 aliphatic rings. The maximum absolute atomic E-state index is 5.52. The number of imidazole rings is 1. The molecule has 0 aliphatic carbocycles. The number of methoxy groups -OCH3 is 1. The van der Waals surface area contributed by atoms with E-state index in [1.54, 1.807) is 7.11 Å². The van der Waals surface area contributed by atoms with E-state index in [1.165, 1.54) is 24.1 Å². The highest BCUT2D eigenvalue weighted by molar-refractivity contribution is 5.50. The van der Waals surface area contributed by atoms with Gasteiger partial charge < -0.3 is 10.1 Å². The molecule has 0 radical (unpaired) electrons. The van der Waals surface area contributed by atoms with Gasteiger partial charge in [0.25, 0.3) is 0 Å². The molecule has 1 fully saturated rings. The zero-order valence-electron chi connectivity index (χ0n) is 13.0. The molecule has 2 heterocycles. The van der Waals surface area contributed by atoms with Crippen molar-refractivity contribution in [1.82, 2.24) is 14.9 Å². The second-order valence-corrected chi connectivity index (χ2v) is 5.92. The van der Waals surface area contributed by atoms with Crippen LogP contribution in [-0.4, -0.2) is 22.7 Å². The van der Waals surface area contributed by atoms with Crippen molar-refractivity contribution in [3.8, 4) is 11.4 Å². The molecule has 0 bridgehead atoms. The minimum absolute atomic E-state index is 0.362. The molecule has 2 unspecified atom stereocenters. The number of nitrogens with one attached hydrogen (secondary N) is 1. The van der Waals surface area contributed by atoms with Crippen molar-refractivity contribution in [2.24, 2.45) is 0 Å². The number of hydrogen-bond acceptors (Lipinski definition) is 3. The summed E-state index contributed by atoms with van der Waals surface area (Å²) in [5.41, 5.74) is 3.49. The summed E-state index contributed by atoms with van der Waals surface area (Å²) in [5.74, 6) is 0.878. The minimum Gasteiger partial charge on any atom is -0.495 e. The lowest BCUT2D eigenvalue weighted by atomic mass is 9.97. The third kappa shape index (κ3) is 2.81. The maximum Gasteiger partial charge on any atom is 0.142 e. The van der Waals surface area contributed by atoms with Crippen molar-refractivity contribution >= 4 is 0 Å². The fourth-order valence-corrected chi connectivity index (χ4v) is 3.12.